The van der Waals surface area contributed by atoms with Crippen molar-refractivity contribution in [3.05, 3.63) is 57.9 Å². The molecule has 0 fully saturated rings. The number of hydrogen-bond donors (Lipinski definition) is 1. The molecule has 1 heterocycles. The lowest BCUT2D eigenvalue weighted by Gasteiger charge is -2.06. The third kappa shape index (κ3) is 2.45. The second-order valence-electron chi connectivity index (χ2n) is 4.52. The Morgan fingerprint density at radius 2 is 1.86 bits per heavy atom. The molecule has 0 saturated carbocycles. The van der Waals surface area contributed by atoms with Crippen LogP contribution in [0.2, 0.25) is 5.02 Å². The van der Waals surface area contributed by atoms with Crippen LogP contribution in [0.5, 0.6) is 11.5 Å². The smallest absolute Gasteiger partial charge is 0.344 e. The summed E-state index contributed by atoms with van der Waals surface area (Å²) in [7, 11) is 1.46. The number of fused-ring (bicyclic) bond motifs is 1. The Labute approximate surface area is 125 Å². The molecule has 4 nitrogen and oxygen atoms in total. The van der Waals surface area contributed by atoms with Gasteiger partial charge in [-0.1, -0.05) is 23.7 Å². The SMILES string of the molecule is COc1cc2cc(-c3ccc(Cl)cc3)c(=O)oc2cc1O. The van der Waals surface area contributed by atoms with Gasteiger partial charge in [0.05, 0.1) is 12.7 Å². The number of halogens is 1. The fourth-order valence-corrected chi connectivity index (χ4v) is 2.26. The quantitative estimate of drug-likeness (QED) is 0.731. The fraction of sp³-hybridized carbons (Fsp3) is 0.0625. The first-order valence-electron chi connectivity index (χ1n) is 6.19. The summed E-state index contributed by atoms with van der Waals surface area (Å²) >= 11 is 5.85. The third-order valence-electron chi connectivity index (χ3n) is 3.19. The molecular formula is C16H11ClO4. The minimum absolute atomic E-state index is 0.0765. The van der Waals surface area contributed by atoms with Gasteiger partial charge >= 0.3 is 5.63 Å². The predicted octanol–water partition coefficient (Wildman–Crippen LogP) is 3.83. The molecule has 0 aliphatic heterocycles. The van der Waals surface area contributed by atoms with Crippen molar-refractivity contribution in [2.24, 2.45) is 0 Å². The monoisotopic (exact) mass is 302 g/mol. The van der Waals surface area contributed by atoms with Crippen LogP contribution in [0.25, 0.3) is 22.1 Å². The standard InChI is InChI=1S/C16H11ClO4/c1-20-15-7-10-6-12(9-2-4-11(17)5-3-9)16(19)21-14(10)8-13(15)18/h2-8,18H,1H3. The summed E-state index contributed by atoms with van der Waals surface area (Å²) in [5.74, 6) is 0.241. The van der Waals surface area contributed by atoms with Crippen LogP contribution in [0.3, 0.4) is 0 Å². The van der Waals surface area contributed by atoms with E-state index in [0.29, 0.717) is 32.9 Å². The van der Waals surface area contributed by atoms with Gasteiger partial charge in [-0.3, -0.25) is 0 Å². The zero-order chi connectivity index (χ0) is 15.0. The molecular weight excluding hydrogens is 292 g/mol. The first-order valence-corrected chi connectivity index (χ1v) is 6.57. The molecule has 0 aliphatic carbocycles. The summed E-state index contributed by atoms with van der Waals surface area (Å²) in [5.41, 5.74) is 0.958. The van der Waals surface area contributed by atoms with Gasteiger partial charge in [-0.2, -0.15) is 0 Å². The fourth-order valence-electron chi connectivity index (χ4n) is 2.13. The Morgan fingerprint density at radius 1 is 1.14 bits per heavy atom. The number of benzene rings is 2. The van der Waals surface area contributed by atoms with Gasteiger partial charge in [-0.15, -0.1) is 0 Å². The molecule has 0 radical (unpaired) electrons. The van der Waals surface area contributed by atoms with Gasteiger partial charge in [0, 0.05) is 16.5 Å². The van der Waals surface area contributed by atoms with Gasteiger partial charge in [0.2, 0.25) is 0 Å². The van der Waals surface area contributed by atoms with E-state index in [1.54, 1.807) is 36.4 Å². The Kier molecular flexibility index (Phi) is 3.31. The molecule has 1 aromatic heterocycles. The highest BCUT2D eigenvalue weighted by atomic mass is 35.5. The van der Waals surface area contributed by atoms with E-state index in [-0.39, 0.29) is 5.75 Å². The number of phenols is 1. The normalized spacial score (nSPS) is 10.8. The maximum absolute atomic E-state index is 12.1. The topological polar surface area (TPSA) is 59.7 Å². The molecule has 0 aliphatic rings. The number of phenolic OH excluding ortho intramolecular Hbond substituents is 1. The van der Waals surface area contributed by atoms with Crippen molar-refractivity contribution in [2.45, 2.75) is 0 Å². The maximum Gasteiger partial charge on any atom is 0.344 e. The predicted molar refractivity (Wildman–Crippen MR) is 81.1 cm³/mol. The first kappa shape index (κ1) is 13.5. The van der Waals surface area contributed by atoms with Crippen molar-refractivity contribution >= 4 is 22.6 Å². The molecule has 0 amide bonds. The van der Waals surface area contributed by atoms with E-state index in [1.807, 2.05) is 0 Å². The van der Waals surface area contributed by atoms with Gasteiger partial charge in [0.25, 0.3) is 0 Å². The highest BCUT2D eigenvalue weighted by Gasteiger charge is 2.11. The van der Waals surface area contributed by atoms with Crippen molar-refractivity contribution in [1.82, 2.24) is 0 Å². The molecule has 106 valence electrons. The molecule has 1 N–H and O–H groups in total. The van der Waals surface area contributed by atoms with Crippen LogP contribution in [0.4, 0.5) is 0 Å². The Bertz CT molecular complexity index is 866. The Balaban J connectivity index is 2.24. The highest BCUT2D eigenvalue weighted by Crippen LogP contribution is 2.32. The van der Waals surface area contributed by atoms with Crippen LogP contribution in [-0.2, 0) is 0 Å². The molecule has 3 aromatic rings. The molecule has 5 heteroatoms. The van der Waals surface area contributed by atoms with E-state index >= 15 is 0 Å². The summed E-state index contributed by atoms with van der Waals surface area (Å²) in [5, 5.41) is 11.0. The summed E-state index contributed by atoms with van der Waals surface area (Å²) in [6, 6.07) is 11.6. The number of aromatic hydroxyl groups is 1. The van der Waals surface area contributed by atoms with Crippen LogP contribution in [0.15, 0.2) is 51.7 Å². The number of ether oxygens (including phenoxy) is 1. The Morgan fingerprint density at radius 3 is 2.52 bits per heavy atom. The summed E-state index contributed by atoms with van der Waals surface area (Å²) in [6.07, 6.45) is 0. The molecule has 0 saturated heterocycles. The van der Waals surface area contributed by atoms with Crippen LogP contribution in [-0.4, -0.2) is 12.2 Å². The first-order chi connectivity index (χ1) is 10.1. The van der Waals surface area contributed by atoms with E-state index in [0.717, 1.165) is 0 Å². The zero-order valence-electron chi connectivity index (χ0n) is 11.1. The van der Waals surface area contributed by atoms with Gasteiger partial charge in [0.1, 0.15) is 5.58 Å². The third-order valence-corrected chi connectivity index (χ3v) is 3.44. The average molecular weight is 303 g/mol. The van der Waals surface area contributed by atoms with Gasteiger partial charge in [-0.05, 0) is 29.8 Å². The summed E-state index contributed by atoms with van der Waals surface area (Å²) < 4.78 is 10.3. The molecule has 2 aromatic carbocycles. The Hall–Kier alpha value is -2.46. The summed E-state index contributed by atoms with van der Waals surface area (Å²) in [6.45, 7) is 0. The van der Waals surface area contributed by atoms with Crippen molar-refractivity contribution in [2.75, 3.05) is 7.11 Å². The molecule has 0 atom stereocenters. The van der Waals surface area contributed by atoms with E-state index in [4.69, 9.17) is 20.8 Å². The van der Waals surface area contributed by atoms with Gasteiger partial charge < -0.3 is 14.3 Å². The van der Waals surface area contributed by atoms with E-state index in [1.165, 1.54) is 13.2 Å². The van der Waals surface area contributed by atoms with Crippen molar-refractivity contribution in [3.8, 4) is 22.6 Å². The lowest BCUT2D eigenvalue weighted by Crippen LogP contribution is -2.02. The molecule has 0 bridgehead atoms. The second-order valence-corrected chi connectivity index (χ2v) is 4.95. The second kappa shape index (κ2) is 5.14. The molecule has 0 spiro atoms. The van der Waals surface area contributed by atoms with E-state index < -0.39 is 5.63 Å². The highest BCUT2D eigenvalue weighted by molar-refractivity contribution is 6.30. The van der Waals surface area contributed by atoms with Gasteiger partial charge in [-0.25, -0.2) is 4.79 Å². The minimum atomic E-state index is -0.477. The molecule has 0 unspecified atom stereocenters. The summed E-state index contributed by atoms with van der Waals surface area (Å²) in [4.78, 5) is 12.1. The number of rotatable bonds is 2. The van der Waals surface area contributed by atoms with Gasteiger partial charge in [0.15, 0.2) is 11.5 Å². The number of hydrogen-bond acceptors (Lipinski definition) is 4. The lowest BCUT2D eigenvalue weighted by atomic mass is 10.1. The van der Waals surface area contributed by atoms with Crippen LogP contribution in [0.1, 0.15) is 0 Å². The van der Waals surface area contributed by atoms with E-state index in [2.05, 4.69) is 0 Å². The largest absolute Gasteiger partial charge is 0.504 e. The molecule has 21 heavy (non-hydrogen) atoms. The van der Waals surface area contributed by atoms with Crippen LogP contribution >= 0.6 is 11.6 Å². The average Bonchev–Trinajstić information content (AvgIpc) is 2.47. The van der Waals surface area contributed by atoms with Crippen molar-refractivity contribution in [1.29, 1.82) is 0 Å². The van der Waals surface area contributed by atoms with Crippen molar-refractivity contribution in [3.63, 3.8) is 0 Å². The van der Waals surface area contributed by atoms with E-state index in [9.17, 15) is 9.90 Å². The minimum Gasteiger partial charge on any atom is -0.504 e. The van der Waals surface area contributed by atoms with Crippen LogP contribution < -0.4 is 10.4 Å². The lowest BCUT2D eigenvalue weighted by molar-refractivity contribution is 0.373. The van der Waals surface area contributed by atoms with Crippen LogP contribution in [0, 0.1) is 0 Å². The zero-order valence-corrected chi connectivity index (χ0v) is 11.8. The number of methoxy groups -OCH3 is 1. The molecule has 3 rings (SSSR count). The maximum atomic E-state index is 12.1. The van der Waals surface area contributed by atoms with Crippen molar-refractivity contribution < 1.29 is 14.3 Å².